The van der Waals surface area contributed by atoms with Gasteiger partial charge in [-0.2, -0.15) is 18.2 Å². The fraction of sp³-hybridized carbons (Fsp3) is 0.567. The Balaban J connectivity index is 1.71. The molecule has 1 saturated heterocycles. The van der Waals surface area contributed by atoms with Crippen LogP contribution in [0.4, 0.5) is 28.6 Å². The van der Waals surface area contributed by atoms with Crippen LogP contribution in [0.15, 0.2) is 35.3 Å². The van der Waals surface area contributed by atoms with Crippen molar-refractivity contribution in [2.24, 2.45) is 5.73 Å². The monoisotopic (exact) mass is 668 g/mol. The van der Waals surface area contributed by atoms with Crippen molar-refractivity contribution >= 4 is 32.2 Å². The fourth-order valence-corrected chi connectivity index (χ4v) is 6.28. The number of ether oxygens (including phenoxy) is 1. The summed E-state index contributed by atoms with van der Waals surface area (Å²) in [4.78, 5) is 56.2. The van der Waals surface area contributed by atoms with E-state index in [1.165, 1.54) is 48.0 Å². The molecule has 1 atom stereocenters. The zero-order valence-electron chi connectivity index (χ0n) is 27.4. The number of alkyl halides is 3. The number of rotatable bonds is 8. The number of halogens is 3. The highest BCUT2D eigenvalue weighted by Crippen LogP contribution is 2.39. The summed E-state index contributed by atoms with van der Waals surface area (Å²) in [6.07, 6.45) is -4.93. The number of aromatic nitrogens is 2. The molecule has 16 heteroatoms. The number of hydrogen-bond acceptors (Lipinski definition) is 7. The molecule has 1 aromatic carbocycles. The molecule has 0 radical (unpaired) electrons. The highest BCUT2D eigenvalue weighted by atomic mass is 28.4. The van der Waals surface area contributed by atoms with E-state index in [-0.39, 0.29) is 54.7 Å². The van der Waals surface area contributed by atoms with Gasteiger partial charge < -0.3 is 24.7 Å². The molecule has 0 aliphatic carbocycles. The van der Waals surface area contributed by atoms with E-state index in [0.29, 0.717) is 0 Å². The predicted octanol–water partition coefficient (Wildman–Crippen LogP) is 4.75. The van der Waals surface area contributed by atoms with Gasteiger partial charge in [0.15, 0.2) is 13.9 Å². The molecule has 12 nitrogen and oxygen atoms in total. The summed E-state index contributed by atoms with van der Waals surface area (Å²) in [7, 11) is -2.21. The number of benzene rings is 1. The fourth-order valence-electron chi connectivity index (χ4n) is 4.83. The molecular weight excluding hydrogens is 625 g/mol. The van der Waals surface area contributed by atoms with Crippen LogP contribution in [0.3, 0.4) is 0 Å². The molecule has 1 aliphatic heterocycles. The zero-order valence-corrected chi connectivity index (χ0v) is 28.4. The van der Waals surface area contributed by atoms with Crippen molar-refractivity contribution in [2.45, 2.75) is 84.0 Å². The van der Waals surface area contributed by atoms with E-state index in [0.717, 1.165) is 10.6 Å². The molecule has 3 N–H and O–H groups in total. The van der Waals surface area contributed by atoms with Crippen LogP contribution in [0.25, 0.3) is 5.69 Å². The third-order valence-electron chi connectivity index (χ3n) is 8.25. The van der Waals surface area contributed by atoms with Crippen LogP contribution in [-0.4, -0.2) is 83.6 Å². The topological polar surface area (TPSA) is 149 Å². The second kappa shape index (κ2) is 13.4. The van der Waals surface area contributed by atoms with Crippen LogP contribution in [0.2, 0.25) is 18.1 Å². The Morgan fingerprint density at radius 1 is 1.02 bits per heavy atom. The number of hydrogen-bond donors (Lipinski definition) is 2. The van der Waals surface area contributed by atoms with Crippen molar-refractivity contribution in [2.75, 3.05) is 31.5 Å². The summed E-state index contributed by atoms with van der Waals surface area (Å²) >= 11 is 0. The first kappa shape index (κ1) is 36.5. The van der Waals surface area contributed by atoms with Gasteiger partial charge in [0.25, 0.3) is 5.91 Å². The number of anilines is 1. The molecule has 4 amide bonds. The Kier molecular flexibility index (Phi) is 10.7. The molecular formula is C30H43F3N6O6Si. The highest BCUT2D eigenvalue weighted by molar-refractivity contribution is 6.74. The lowest BCUT2D eigenvalue weighted by Crippen LogP contribution is -2.56. The maximum Gasteiger partial charge on any atom is 0.416 e. The Hall–Kier alpha value is -3.92. The number of nitrogens with zero attached hydrogens (tertiary/aromatic N) is 4. The van der Waals surface area contributed by atoms with Crippen LogP contribution < -0.4 is 16.7 Å². The van der Waals surface area contributed by atoms with Gasteiger partial charge in [-0.3, -0.25) is 14.7 Å². The van der Waals surface area contributed by atoms with E-state index in [1.807, 2.05) is 13.1 Å². The lowest BCUT2D eigenvalue weighted by Gasteiger charge is -2.38. The average Bonchev–Trinajstić information content (AvgIpc) is 2.91. The molecule has 1 fully saturated rings. The van der Waals surface area contributed by atoms with Crippen LogP contribution in [0.1, 0.15) is 52.7 Å². The Morgan fingerprint density at radius 3 is 2.13 bits per heavy atom. The first-order valence-corrected chi connectivity index (χ1v) is 17.7. The van der Waals surface area contributed by atoms with Gasteiger partial charge in [0.2, 0.25) is 0 Å². The summed E-state index contributed by atoms with van der Waals surface area (Å²) in [6, 6.07) is 4.39. The number of nitrogens with one attached hydrogen (secondary N) is 1. The highest BCUT2D eigenvalue weighted by Gasteiger charge is 2.40. The van der Waals surface area contributed by atoms with Crippen molar-refractivity contribution in [3.8, 4) is 5.69 Å². The van der Waals surface area contributed by atoms with E-state index in [9.17, 15) is 32.3 Å². The minimum absolute atomic E-state index is 0.0338. The normalized spacial score (nSPS) is 15.4. The zero-order chi connectivity index (χ0) is 34.8. The maximum atomic E-state index is 14.1. The second-order valence-electron chi connectivity index (χ2n) is 13.3. The molecule has 3 rings (SSSR count). The Labute approximate surface area is 267 Å². The SMILES string of the molecule is CC(Cc1ccc(-n2ccc(NC(=O)N3CCN(C(=O)C(C)(C)OC(N)=O)CC3)nc2=O)cc1C(F)(F)F)O[Si](C)(C)C(C)(C)C. The van der Waals surface area contributed by atoms with Crippen LogP contribution in [0.5, 0.6) is 0 Å². The third kappa shape index (κ3) is 8.87. The lowest BCUT2D eigenvalue weighted by atomic mass is 10.0. The Bertz CT molecular complexity index is 1510. The van der Waals surface area contributed by atoms with E-state index in [2.05, 4.69) is 31.1 Å². The smallest absolute Gasteiger partial charge is 0.416 e. The van der Waals surface area contributed by atoms with E-state index >= 15 is 0 Å². The van der Waals surface area contributed by atoms with Gasteiger partial charge in [-0.05, 0) is 69.1 Å². The van der Waals surface area contributed by atoms with Gasteiger partial charge in [0.1, 0.15) is 5.82 Å². The van der Waals surface area contributed by atoms with E-state index < -0.39 is 55.5 Å². The van der Waals surface area contributed by atoms with Crippen molar-refractivity contribution < 1.29 is 36.7 Å². The average molecular weight is 669 g/mol. The Morgan fingerprint density at radius 2 is 1.61 bits per heavy atom. The number of primary amides is 1. The number of carbonyl (C=O) groups excluding carboxylic acids is 3. The van der Waals surface area contributed by atoms with Crippen molar-refractivity contribution in [1.29, 1.82) is 0 Å². The van der Waals surface area contributed by atoms with Crippen molar-refractivity contribution in [3.63, 3.8) is 0 Å². The van der Waals surface area contributed by atoms with Crippen LogP contribution in [-0.2, 0) is 26.6 Å². The molecule has 2 aromatic rings. The first-order chi connectivity index (χ1) is 21.0. The van der Waals surface area contributed by atoms with Gasteiger partial charge in [0.05, 0.1) is 11.3 Å². The number of urea groups is 1. The number of piperazine rings is 1. The van der Waals surface area contributed by atoms with E-state index in [1.54, 1.807) is 6.92 Å². The summed E-state index contributed by atoms with van der Waals surface area (Å²) in [5, 5.41) is 2.41. The van der Waals surface area contributed by atoms with Crippen molar-refractivity contribution in [3.05, 3.63) is 52.1 Å². The molecule has 1 unspecified atom stereocenters. The maximum absolute atomic E-state index is 14.1. The molecule has 0 saturated carbocycles. The quantitative estimate of drug-likeness (QED) is 0.386. The largest absolute Gasteiger partial charge is 0.434 e. The molecule has 1 aromatic heterocycles. The molecule has 1 aliphatic rings. The van der Waals surface area contributed by atoms with Crippen LogP contribution >= 0.6 is 0 Å². The van der Waals surface area contributed by atoms with Crippen LogP contribution in [0, 0.1) is 0 Å². The summed E-state index contributed by atoms with van der Waals surface area (Å²) in [5.74, 6) is -0.558. The summed E-state index contributed by atoms with van der Waals surface area (Å²) in [5.41, 5.74) is 1.82. The van der Waals surface area contributed by atoms with Gasteiger partial charge in [-0.15, -0.1) is 0 Å². The van der Waals surface area contributed by atoms with Gasteiger partial charge in [-0.1, -0.05) is 26.8 Å². The molecule has 2 heterocycles. The first-order valence-electron chi connectivity index (χ1n) is 14.8. The minimum Gasteiger partial charge on any atom is -0.434 e. The van der Waals surface area contributed by atoms with Gasteiger partial charge >= 0.3 is 24.0 Å². The minimum atomic E-state index is -4.67. The number of carbonyl (C=O) groups is 3. The summed E-state index contributed by atoms with van der Waals surface area (Å²) in [6.45, 7) is 15.5. The second-order valence-corrected chi connectivity index (χ2v) is 18.1. The summed E-state index contributed by atoms with van der Waals surface area (Å²) < 4.78 is 54.6. The number of nitrogens with two attached hydrogens (primary N) is 1. The predicted molar refractivity (Wildman–Crippen MR) is 168 cm³/mol. The molecule has 0 bridgehead atoms. The molecule has 0 spiro atoms. The molecule has 46 heavy (non-hydrogen) atoms. The molecule has 254 valence electrons. The standard InChI is InChI=1S/C30H43F3N6O6Si/c1-19(45-46(7,8)28(2,3)4)17-20-9-10-21(18-22(20)30(31,32)33)39-12-11-23(36-27(39)43)35-26(42)38-15-13-37(14-16-38)24(40)29(5,6)44-25(34)41/h9-12,18-19H,13-17H2,1-8H3,(H2,34,41)(H,35,36,42,43). The number of amides is 4. The third-order valence-corrected chi connectivity index (χ3v) is 12.9. The lowest BCUT2D eigenvalue weighted by molar-refractivity contribution is -0.149. The van der Waals surface area contributed by atoms with E-state index in [4.69, 9.17) is 14.9 Å². The van der Waals surface area contributed by atoms with Crippen molar-refractivity contribution in [1.82, 2.24) is 19.4 Å². The van der Waals surface area contributed by atoms with Gasteiger partial charge in [-0.25, -0.2) is 14.4 Å². The van der Waals surface area contributed by atoms with Gasteiger partial charge in [0, 0.05) is 38.5 Å².